The van der Waals surface area contributed by atoms with Crippen LogP contribution in [-0.2, 0) is 11.3 Å². The third-order valence-electron chi connectivity index (χ3n) is 3.83. The quantitative estimate of drug-likeness (QED) is 0.727. The Morgan fingerprint density at radius 1 is 1.04 bits per heavy atom. The molecule has 0 bridgehead atoms. The molecule has 23 heavy (non-hydrogen) atoms. The number of phenols is 1. The Labute approximate surface area is 135 Å². The molecule has 0 fully saturated rings. The maximum Gasteiger partial charge on any atom is 0.230 e. The number of carbonyl (C=O) groups excluding carboxylic acids is 1. The van der Waals surface area contributed by atoms with Crippen molar-refractivity contribution in [3.63, 3.8) is 0 Å². The van der Waals surface area contributed by atoms with Gasteiger partial charge in [-0.05, 0) is 24.6 Å². The first-order chi connectivity index (χ1) is 11.1. The monoisotopic (exact) mass is 307 g/mol. The fourth-order valence-corrected chi connectivity index (χ4v) is 2.53. The number of aryl methyl sites for hydroxylation is 2. The molecule has 2 aromatic carbocycles. The van der Waals surface area contributed by atoms with Crippen molar-refractivity contribution >= 4 is 22.4 Å². The molecule has 0 spiro atoms. The molecular formula is C19H19N2O2+. The third-order valence-corrected chi connectivity index (χ3v) is 3.83. The maximum absolute atomic E-state index is 12.2. The molecule has 0 aliphatic carbocycles. The van der Waals surface area contributed by atoms with Gasteiger partial charge in [0.25, 0.3) is 0 Å². The molecular weight excluding hydrogens is 288 g/mol. The van der Waals surface area contributed by atoms with Gasteiger partial charge in [0.05, 0.1) is 6.42 Å². The van der Waals surface area contributed by atoms with E-state index in [1.54, 1.807) is 12.1 Å². The lowest BCUT2D eigenvalue weighted by atomic mass is 10.1. The number of phenolic OH excluding ortho intramolecular Hbond substituents is 1. The van der Waals surface area contributed by atoms with Crippen LogP contribution < -0.4 is 9.88 Å². The summed E-state index contributed by atoms with van der Waals surface area (Å²) in [6.45, 7) is 2.66. The van der Waals surface area contributed by atoms with E-state index in [1.807, 2.05) is 60.3 Å². The van der Waals surface area contributed by atoms with Crippen molar-refractivity contribution in [1.82, 2.24) is 0 Å². The van der Waals surface area contributed by atoms with Crippen molar-refractivity contribution in [2.75, 3.05) is 5.32 Å². The lowest BCUT2D eigenvalue weighted by molar-refractivity contribution is -0.695. The van der Waals surface area contributed by atoms with E-state index in [4.69, 9.17) is 0 Å². The average Bonchev–Trinajstić information content (AvgIpc) is 2.55. The minimum Gasteiger partial charge on any atom is -0.507 e. The Morgan fingerprint density at radius 2 is 1.74 bits per heavy atom. The molecule has 1 amide bonds. The number of amides is 1. The second-order valence-electron chi connectivity index (χ2n) is 5.59. The Morgan fingerprint density at radius 3 is 2.52 bits per heavy atom. The molecule has 4 heteroatoms. The highest BCUT2D eigenvalue weighted by atomic mass is 16.3. The van der Waals surface area contributed by atoms with Gasteiger partial charge >= 0.3 is 0 Å². The zero-order chi connectivity index (χ0) is 16.2. The standard InChI is InChI=1S/C19H18N2O2/c1-14-8-11-21(12-9-14)13-10-19(23)20-17-6-2-5-16-15(17)4-3-7-18(16)22/h2-9,11-12H,10,13H2,1H3,(H-,20,22,23)/p+1. The van der Waals surface area contributed by atoms with Crippen molar-refractivity contribution in [3.8, 4) is 5.75 Å². The molecule has 116 valence electrons. The van der Waals surface area contributed by atoms with Crippen LogP contribution in [0.2, 0.25) is 0 Å². The number of carbonyl (C=O) groups is 1. The normalized spacial score (nSPS) is 10.7. The van der Waals surface area contributed by atoms with Crippen LogP contribution in [-0.4, -0.2) is 11.0 Å². The lowest BCUT2D eigenvalue weighted by Crippen LogP contribution is -2.34. The summed E-state index contributed by atoms with van der Waals surface area (Å²) in [5, 5.41) is 14.4. The van der Waals surface area contributed by atoms with Gasteiger partial charge in [-0.25, -0.2) is 4.57 Å². The summed E-state index contributed by atoms with van der Waals surface area (Å²) in [7, 11) is 0. The Bertz CT molecular complexity index is 842. The number of anilines is 1. The Balaban J connectivity index is 1.71. The SMILES string of the molecule is Cc1cc[n+](CCC(=O)Nc2cccc3c(O)cccc23)cc1. The predicted octanol–water partition coefficient (Wildman–Crippen LogP) is 3.17. The summed E-state index contributed by atoms with van der Waals surface area (Å²) in [4.78, 5) is 12.2. The molecule has 3 aromatic rings. The van der Waals surface area contributed by atoms with E-state index in [2.05, 4.69) is 5.32 Å². The van der Waals surface area contributed by atoms with Crippen LogP contribution in [0.1, 0.15) is 12.0 Å². The van der Waals surface area contributed by atoms with Crippen LogP contribution in [0.15, 0.2) is 60.9 Å². The van der Waals surface area contributed by atoms with Crippen LogP contribution in [0.25, 0.3) is 10.8 Å². The van der Waals surface area contributed by atoms with E-state index in [1.165, 1.54) is 5.56 Å². The molecule has 0 aliphatic rings. The number of fused-ring (bicyclic) bond motifs is 1. The van der Waals surface area contributed by atoms with Crippen LogP contribution in [0, 0.1) is 6.92 Å². The van der Waals surface area contributed by atoms with E-state index in [0.717, 1.165) is 16.5 Å². The van der Waals surface area contributed by atoms with E-state index in [0.29, 0.717) is 13.0 Å². The maximum atomic E-state index is 12.2. The van der Waals surface area contributed by atoms with Gasteiger partial charge in [-0.2, -0.15) is 0 Å². The smallest absolute Gasteiger partial charge is 0.230 e. The zero-order valence-corrected chi connectivity index (χ0v) is 13.0. The van der Waals surface area contributed by atoms with Gasteiger partial charge in [0.2, 0.25) is 5.91 Å². The van der Waals surface area contributed by atoms with Crippen molar-refractivity contribution in [2.24, 2.45) is 0 Å². The van der Waals surface area contributed by atoms with Gasteiger partial charge < -0.3 is 10.4 Å². The Kier molecular flexibility index (Phi) is 4.24. The number of hydrogen-bond donors (Lipinski definition) is 2. The molecule has 0 radical (unpaired) electrons. The van der Waals surface area contributed by atoms with E-state index >= 15 is 0 Å². The fraction of sp³-hybridized carbons (Fsp3) is 0.158. The highest BCUT2D eigenvalue weighted by molar-refractivity contribution is 6.03. The topological polar surface area (TPSA) is 53.2 Å². The lowest BCUT2D eigenvalue weighted by Gasteiger charge is -2.09. The number of nitrogens with one attached hydrogen (secondary N) is 1. The minimum atomic E-state index is -0.0473. The van der Waals surface area contributed by atoms with E-state index in [9.17, 15) is 9.90 Å². The minimum absolute atomic E-state index is 0.0473. The third kappa shape index (κ3) is 3.48. The number of pyridine rings is 1. The molecule has 1 aromatic heterocycles. The number of hydrogen-bond acceptors (Lipinski definition) is 2. The fourth-order valence-electron chi connectivity index (χ4n) is 2.53. The van der Waals surface area contributed by atoms with Gasteiger partial charge in [0.15, 0.2) is 18.9 Å². The van der Waals surface area contributed by atoms with Crippen LogP contribution in [0.4, 0.5) is 5.69 Å². The first-order valence-corrected chi connectivity index (χ1v) is 7.60. The van der Waals surface area contributed by atoms with Gasteiger partial charge in [0.1, 0.15) is 5.75 Å². The molecule has 2 N–H and O–H groups in total. The van der Waals surface area contributed by atoms with E-state index in [-0.39, 0.29) is 11.7 Å². The van der Waals surface area contributed by atoms with Crippen molar-refractivity contribution in [3.05, 3.63) is 66.5 Å². The summed E-state index contributed by atoms with van der Waals surface area (Å²) >= 11 is 0. The molecule has 1 heterocycles. The predicted molar refractivity (Wildman–Crippen MR) is 90.2 cm³/mol. The molecule has 0 unspecified atom stereocenters. The van der Waals surface area contributed by atoms with Gasteiger partial charge in [-0.3, -0.25) is 4.79 Å². The van der Waals surface area contributed by atoms with Gasteiger partial charge in [-0.1, -0.05) is 24.3 Å². The van der Waals surface area contributed by atoms with Gasteiger partial charge in [-0.15, -0.1) is 0 Å². The van der Waals surface area contributed by atoms with Crippen molar-refractivity contribution < 1.29 is 14.5 Å². The largest absolute Gasteiger partial charge is 0.507 e. The van der Waals surface area contributed by atoms with E-state index < -0.39 is 0 Å². The molecule has 0 aliphatic heterocycles. The summed E-state index contributed by atoms with van der Waals surface area (Å²) in [5.41, 5.74) is 1.92. The van der Waals surface area contributed by atoms with Gasteiger partial charge in [0, 0.05) is 28.6 Å². The molecule has 3 rings (SSSR count). The second-order valence-corrected chi connectivity index (χ2v) is 5.59. The Hall–Kier alpha value is -2.88. The summed E-state index contributed by atoms with van der Waals surface area (Å²) in [6, 6.07) is 14.8. The number of rotatable bonds is 4. The average molecular weight is 307 g/mol. The highest BCUT2D eigenvalue weighted by Crippen LogP contribution is 2.29. The van der Waals surface area contributed by atoms with Crippen LogP contribution in [0.3, 0.4) is 0 Å². The van der Waals surface area contributed by atoms with Crippen LogP contribution in [0.5, 0.6) is 5.75 Å². The highest BCUT2D eigenvalue weighted by Gasteiger charge is 2.10. The van der Waals surface area contributed by atoms with Crippen LogP contribution >= 0.6 is 0 Å². The zero-order valence-electron chi connectivity index (χ0n) is 13.0. The summed E-state index contributed by atoms with van der Waals surface area (Å²) in [6.07, 6.45) is 4.33. The number of aromatic hydroxyl groups is 1. The number of nitrogens with zero attached hydrogens (tertiary/aromatic N) is 1. The number of aromatic nitrogens is 1. The number of benzene rings is 2. The summed E-state index contributed by atoms with van der Waals surface area (Å²) in [5.74, 6) is 0.169. The molecule has 4 nitrogen and oxygen atoms in total. The first-order valence-electron chi connectivity index (χ1n) is 7.60. The molecule has 0 saturated carbocycles. The van der Waals surface area contributed by atoms with Crippen molar-refractivity contribution in [1.29, 1.82) is 0 Å². The van der Waals surface area contributed by atoms with Crippen molar-refractivity contribution in [2.45, 2.75) is 19.9 Å². The summed E-state index contributed by atoms with van der Waals surface area (Å²) < 4.78 is 1.99. The molecule has 0 saturated heterocycles. The second kappa shape index (κ2) is 6.48. The first kappa shape index (κ1) is 15.0. The molecule has 0 atom stereocenters.